The lowest BCUT2D eigenvalue weighted by Crippen LogP contribution is -1.93. The van der Waals surface area contributed by atoms with Crippen LogP contribution in [0.5, 0.6) is 0 Å². The smallest absolute Gasteiger partial charge is 0.161 e. The molecule has 0 saturated heterocycles. The zero-order valence-electron chi connectivity index (χ0n) is 4.74. The molecule has 0 saturated carbocycles. The standard InChI is InChI=1S/C5H3BrClFN2/c6-3-4(7)2(8)1-10-5(3)9/h1H,(H2,9,10). The van der Waals surface area contributed by atoms with Gasteiger partial charge in [-0.1, -0.05) is 11.6 Å². The van der Waals surface area contributed by atoms with Crippen molar-refractivity contribution < 1.29 is 4.39 Å². The molecule has 0 radical (unpaired) electrons. The largest absolute Gasteiger partial charge is 0.383 e. The first-order valence-electron chi connectivity index (χ1n) is 2.38. The fraction of sp³-hybridized carbons (Fsp3) is 0. The molecule has 1 aromatic heterocycles. The summed E-state index contributed by atoms with van der Waals surface area (Å²) in [4.78, 5) is 3.51. The molecule has 1 aromatic rings. The van der Waals surface area contributed by atoms with E-state index >= 15 is 0 Å². The number of aromatic nitrogens is 1. The molecule has 2 N–H and O–H groups in total. The minimum atomic E-state index is -0.581. The molecule has 5 heteroatoms. The Labute approximate surface area is 70.3 Å². The monoisotopic (exact) mass is 224 g/mol. The number of halogens is 3. The van der Waals surface area contributed by atoms with Crippen molar-refractivity contribution >= 4 is 33.3 Å². The molecule has 0 aliphatic rings. The second kappa shape index (κ2) is 2.72. The highest BCUT2D eigenvalue weighted by Gasteiger charge is 2.06. The average molecular weight is 225 g/mol. The van der Waals surface area contributed by atoms with Crippen LogP contribution in [0.4, 0.5) is 10.2 Å². The van der Waals surface area contributed by atoms with Gasteiger partial charge in [0.25, 0.3) is 0 Å². The van der Waals surface area contributed by atoms with Crippen LogP contribution in [0.25, 0.3) is 0 Å². The Hall–Kier alpha value is -0.350. The summed E-state index contributed by atoms with van der Waals surface area (Å²) in [5.74, 6) is -0.394. The predicted molar refractivity (Wildman–Crippen MR) is 41.3 cm³/mol. The zero-order valence-corrected chi connectivity index (χ0v) is 7.08. The quantitative estimate of drug-likeness (QED) is 0.735. The fourth-order valence-corrected chi connectivity index (χ4v) is 0.894. The molecule has 10 heavy (non-hydrogen) atoms. The molecule has 2 nitrogen and oxygen atoms in total. The van der Waals surface area contributed by atoms with Gasteiger partial charge in [0.1, 0.15) is 5.82 Å². The third-order valence-electron chi connectivity index (χ3n) is 0.944. The molecule has 0 spiro atoms. The predicted octanol–water partition coefficient (Wildman–Crippen LogP) is 2.22. The van der Waals surface area contributed by atoms with Crippen molar-refractivity contribution in [2.24, 2.45) is 0 Å². The maximum atomic E-state index is 12.5. The minimum absolute atomic E-state index is 0.0347. The number of anilines is 1. The maximum Gasteiger partial charge on any atom is 0.161 e. The van der Waals surface area contributed by atoms with Crippen molar-refractivity contribution in [3.8, 4) is 0 Å². The van der Waals surface area contributed by atoms with Crippen LogP contribution >= 0.6 is 27.5 Å². The lowest BCUT2D eigenvalue weighted by atomic mass is 10.4. The normalized spacial score (nSPS) is 9.90. The van der Waals surface area contributed by atoms with E-state index in [1.165, 1.54) is 0 Å². The number of hydrogen-bond acceptors (Lipinski definition) is 2. The Morgan fingerprint density at radius 1 is 1.70 bits per heavy atom. The van der Waals surface area contributed by atoms with Crippen molar-refractivity contribution in [3.05, 3.63) is 21.5 Å². The summed E-state index contributed by atoms with van der Waals surface area (Å²) >= 11 is 8.41. The van der Waals surface area contributed by atoms with E-state index in [9.17, 15) is 4.39 Å². The first kappa shape index (κ1) is 7.75. The van der Waals surface area contributed by atoms with Crippen molar-refractivity contribution in [2.75, 3.05) is 5.73 Å². The Morgan fingerprint density at radius 3 is 2.80 bits per heavy atom. The van der Waals surface area contributed by atoms with Gasteiger partial charge in [0.05, 0.1) is 15.7 Å². The van der Waals surface area contributed by atoms with E-state index in [0.717, 1.165) is 6.20 Å². The summed E-state index contributed by atoms with van der Waals surface area (Å²) in [7, 11) is 0. The van der Waals surface area contributed by atoms with Gasteiger partial charge in [-0.25, -0.2) is 9.37 Å². The molecule has 1 heterocycles. The van der Waals surface area contributed by atoms with Gasteiger partial charge in [0, 0.05) is 0 Å². The number of nitrogen functional groups attached to an aromatic ring is 1. The molecule has 0 fully saturated rings. The van der Waals surface area contributed by atoms with E-state index in [-0.39, 0.29) is 10.8 Å². The third kappa shape index (κ3) is 1.22. The van der Waals surface area contributed by atoms with Crippen LogP contribution in [0.15, 0.2) is 10.7 Å². The highest BCUT2D eigenvalue weighted by molar-refractivity contribution is 9.10. The van der Waals surface area contributed by atoms with Crippen LogP contribution in [0.2, 0.25) is 5.02 Å². The topological polar surface area (TPSA) is 38.9 Å². The van der Waals surface area contributed by atoms with E-state index < -0.39 is 5.82 Å². The molecule has 0 unspecified atom stereocenters. The second-order valence-electron chi connectivity index (χ2n) is 1.62. The lowest BCUT2D eigenvalue weighted by molar-refractivity contribution is 0.621. The average Bonchev–Trinajstić information content (AvgIpc) is 1.93. The van der Waals surface area contributed by atoms with Crippen LogP contribution in [-0.4, -0.2) is 4.98 Å². The molecular formula is C5H3BrClFN2. The first-order valence-corrected chi connectivity index (χ1v) is 3.55. The van der Waals surface area contributed by atoms with Crippen LogP contribution in [-0.2, 0) is 0 Å². The zero-order chi connectivity index (χ0) is 7.72. The molecule has 0 bridgehead atoms. The Morgan fingerprint density at radius 2 is 2.30 bits per heavy atom. The van der Waals surface area contributed by atoms with Gasteiger partial charge in [0.15, 0.2) is 5.82 Å². The molecule has 1 rings (SSSR count). The van der Waals surface area contributed by atoms with Gasteiger partial charge < -0.3 is 5.73 Å². The van der Waals surface area contributed by atoms with Crippen LogP contribution in [0.3, 0.4) is 0 Å². The van der Waals surface area contributed by atoms with Crippen LogP contribution in [0, 0.1) is 5.82 Å². The van der Waals surface area contributed by atoms with Gasteiger partial charge >= 0.3 is 0 Å². The van der Waals surface area contributed by atoms with Crippen molar-refractivity contribution in [3.63, 3.8) is 0 Å². The number of rotatable bonds is 0. The molecule has 0 aliphatic heterocycles. The minimum Gasteiger partial charge on any atom is -0.383 e. The molecule has 0 atom stereocenters. The lowest BCUT2D eigenvalue weighted by Gasteiger charge is -1.98. The van der Waals surface area contributed by atoms with Crippen molar-refractivity contribution in [2.45, 2.75) is 0 Å². The SMILES string of the molecule is Nc1ncc(F)c(Cl)c1Br. The number of nitrogens with two attached hydrogens (primary N) is 1. The van der Waals surface area contributed by atoms with Crippen LogP contribution < -0.4 is 5.73 Å². The highest BCUT2D eigenvalue weighted by atomic mass is 79.9. The summed E-state index contributed by atoms with van der Waals surface area (Å²) < 4.78 is 12.8. The summed E-state index contributed by atoms with van der Waals surface area (Å²) in [5.41, 5.74) is 5.28. The van der Waals surface area contributed by atoms with E-state index in [0.29, 0.717) is 4.47 Å². The maximum absolute atomic E-state index is 12.5. The molecule has 0 amide bonds. The number of pyridine rings is 1. The highest BCUT2D eigenvalue weighted by Crippen LogP contribution is 2.28. The summed E-state index contributed by atoms with van der Waals surface area (Å²) in [6.45, 7) is 0. The van der Waals surface area contributed by atoms with Crippen molar-refractivity contribution in [1.82, 2.24) is 4.98 Å². The van der Waals surface area contributed by atoms with Gasteiger partial charge in [-0.2, -0.15) is 0 Å². The van der Waals surface area contributed by atoms with Crippen LogP contribution in [0.1, 0.15) is 0 Å². The van der Waals surface area contributed by atoms with Gasteiger partial charge in [-0.15, -0.1) is 0 Å². The molecule has 0 aliphatic carbocycles. The van der Waals surface area contributed by atoms with E-state index in [4.69, 9.17) is 17.3 Å². The fourth-order valence-electron chi connectivity index (χ4n) is 0.457. The van der Waals surface area contributed by atoms with Crippen molar-refractivity contribution in [1.29, 1.82) is 0 Å². The summed E-state index contributed by atoms with van der Waals surface area (Å²) in [6.07, 6.45) is 0.975. The van der Waals surface area contributed by atoms with Gasteiger partial charge in [0.2, 0.25) is 0 Å². The number of hydrogen-bond donors (Lipinski definition) is 1. The number of nitrogens with zero attached hydrogens (tertiary/aromatic N) is 1. The third-order valence-corrected chi connectivity index (χ3v) is 2.34. The van der Waals surface area contributed by atoms with E-state index in [1.54, 1.807) is 0 Å². The Balaban J connectivity index is 3.34. The molecule has 54 valence electrons. The Kier molecular flexibility index (Phi) is 2.11. The van der Waals surface area contributed by atoms with Gasteiger partial charge in [-0.3, -0.25) is 0 Å². The van der Waals surface area contributed by atoms with Gasteiger partial charge in [-0.05, 0) is 15.9 Å². The van der Waals surface area contributed by atoms with E-state index in [1.807, 2.05) is 0 Å². The molecular weight excluding hydrogens is 222 g/mol. The Bertz CT molecular complexity index is 239. The van der Waals surface area contributed by atoms with E-state index in [2.05, 4.69) is 20.9 Å². The summed E-state index contributed by atoms with van der Waals surface area (Å²) in [6, 6.07) is 0. The second-order valence-corrected chi connectivity index (χ2v) is 2.79. The first-order chi connectivity index (χ1) is 4.63. The summed E-state index contributed by atoms with van der Waals surface area (Å²) in [5, 5.41) is -0.0347. The molecule has 0 aromatic carbocycles.